The van der Waals surface area contributed by atoms with E-state index in [9.17, 15) is 24.6 Å². The number of carbonyl (C=O) groups excluding carboxylic acids is 3. The molecule has 10 heteroatoms. The van der Waals surface area contributed by atoms with E-state index in [0.717, 1.165) is 34.2 Å². The zero-order chi connectivity index (χ0) is 32.4. The standard InChI is InChI=1S/C36H37BrN4O5/c1-24(7-5-11-33(43)39-20-6-10-29(39)23-42)36(46)30-21-27(37)14-18-32(30)40(35(36)45)22-25-12-15-28(16-13-25)41-34(44)19-17-31(38-41)26-8-3-2-4-9-26/h2-5,7-9,12-16,18,21,24,29,42,46H,6,10-11,17,19-20,22-23H2,1H3/b7-5+/t24-,29+,36+/m1/s1. The lowest BCUT2D eigenvalue weighted by atomic mass is 9.83. The molecule has 6 rings (SSSR count). The third-order valence-electron chi connectivity index (χ3n) is 9.18. The summed E-state index contributed by atoms with van der Waals surface area (Å²) in [6.45, 7) is 2.57. The van der Waals surface area contributed by atoms with Crippen molar-refractivity contribution >= 4 is 50.7 Å². The van der Waals surface area contributed by atoms with E-state index in [4.69, 9.17) is 0 Å². The molecule has 0 unspecified atom stereocenters. The minimum absolute atomic E-state index is 0.0517. The van der Waals surface area contributed by atoms with Crippen LogP contribution in [0, 0.1) is 5.92 Å². The Balaban J connectivity index is 1.19. The van der Waals surface area contributed by atoms with Gasteiger partial charge in [0.2, 0.25) is 11.8 Å². The van der Waals surface area contributed by atoms with Gasteiger partial charge < -0.3 is 20.0 Å². The van der Waals surface area contributed by atoms with Gasteiger partial charge in [-0.3, -0.25) is 14.4 Å². The van der Waals surface area contributed by atoms with E-state index in [2.05, 4.69) is 21.0 Å². The van der Waals surface area contributed by atoms with Crippen molar-refractivity contribution in [1.29, 1.82) is 0 Å². The molecular weight excluding hydrogens is 648 g/mol. The quantitative estimate of drug-likeness (QED) is 0.298. The molecule has 3 aromatic carbocycles. The van der Waals surface area contributed by atoms with Crippen LogP contribution in [0.3, 0.4) is 0 Å². The Morgan fingerprint density at radius 2 is 1.85 bits per heavy atom. The van der Waals surface area contributed by atoms with E-state index in [-0.39, 0.29) is 37.4 Å². The van der Waals surface area contributed by atoms with E-state index in [1.165, 1.54) is 5.01 Å². The van der Waals surface area contributed by atoms with Gasteiger partial charge in [0.25, 0.3) is 5.91 Å². The number of hydrazone groups is 1. The van der Waals surface area contributed by atoms with Gasteiger partial charge in [0.1, 0.15) is 0 Å². The molecule has 46 heavy (non-hydrogen) atoms. The first kappa shape index (κ1) is 31.8. The van der Waals surface area contributed by atoms with Gasteiger partial charge in [-0.2, -0.15) is 5.10 Å². The number of nitrogens with zero attached hydrogens (tertiary/aromatic N) is 4. The van der Waals surface area contributed by atoms with Crippen molar-refractivity contribution in [1.82, 2.24) is 4.90 Å². The molecule has 238 valence electrons. The predicted molar refractivity (Wildman–Crippen MR) is 180 cm³/mol. The molecule has 3 aromatic rings. The van der Waals surface area contributed by atoms with Crippen molar-refractivity contribution in [3.05, 3.63) is 106 Å². The van der Waals surface area contributed by atoms with Gasteiger partial charge in [-0.25, -0.2) is 5.01 Å². The summed E-state index contributed by atoms with van der Waals surface area (Å²) in [4.78, 5) is 42.9. The molecule has 3 atom stereocenters. The van der Waals surface area contributed by atoms with Crippen molar-refractivity contribution in [3.63, 3.8) is 0 Å². The third kappa shape index (κ3) is 6.04. The van der Waals surface area contributed by atoms with Crippen molar-refractivity contribution in [2.24, 2.45) is 11.0 Å². The smallest absolute Gasteiger partial charge is 0.264 e. The average molecular weight is 686 g/mol. The Bertz CT molecular complexity index is 1690. The third-order valence-corrected chi connectivity index (χ3v) is 9.67. The minimum atomic E-state index is -1.83. The van der Waals surface area contributed by atoms with Gasteiger partial charge in [-0.15, -0.1) is 0 Å². The van der Waals surface area contributed by atoms with E-state index in [1.54, 1.807) is 34.9 Å². The number of hydrogen-bond acceptors (Lipinski definition) is 6. The monoisotopic (exact) mass is 684 g/mol. The Morgan fingerprint density at radius 3 is 2.59 bits per heavy atom. The molecule has 3 heterocycles. The van der Waals surface area contributed by atoms with E-state index in [1.807, 2.05) is 66.7 Å². The fraction of sp³-hybridized carbons (Fsp3) is 0.333. The highest BCUT2D eigenvalue weighted by atomic mass is 79.9. The highest BCUT2D eigenvalue weighted by Crippen LogP contribution is 2.47. The van der Waals surface area contributed by atoms with Gasteiger partial charge in [0.15, 0.2) is 5.60 Å². The van der Waals surface area contributed by atoms with E-state index < -0.39 is 17.4 Å². The lowest BCUT2D eigenvalue weighted by Crippen LogP contribution is -2.44. The van der Waals surface area contributed by atoms with Crippen LogP contribution in [0.2, 0.25) is 0 Å². The normalized spacial score (nSPS) is 22.0. The number of aliphatic hydroxyl groups excluding tert-OH is 1. The van der Waals surface area contributed by atoms with Gasteiger partial charge in [-0.1, -0.05) is 77.5 Å². The number of carbonyl (C=O) groups is 3. The molecule has 0 saturated carbocycles. The second-order valence-corrected chi connectivity index (χ2v) is 13.0. The van der Waals surface area contributed by atoms with Crippen LogP contribution in [0.15, 0.2) is 94.5 Å². The molecule has 0 radical (unpaired) electrons. The zero-order valence-corrected chi connectivity index (χ0v) is 27.3. The lowest BCUT2D eigenvalue weighted by molar-refractivity contribution is -0.139. The number of anilines is 2. The first-order chi connectivity index (χ1) is 22.2. The number of benzene rings is 3. The molecule has 3 amide bonds. The van der Waals surface area contributed by atoms with E-state index in [0.29, 0.717) is 36.3 Å². The Hall–Kier alpha value is -4.12. The van der Waals surface area contributed by atoms with Crippen molar-refractivity contribution in [3.8, 4) is 0 Å². The van der Waals surface area contributed by atoms with Crippen LogP contribution in [0.25, 0.3) is 0 Å². The van der Waals surface area contributed by atoms with Crippen LogP contribution in [0.5, 0.6) is 0 Å². The highest BCUT2D eigenvalue weighted by molar-refractivity contribution is 9.10. The van der Waals surface area contributed by atoms with Gasteiger partial charge in [0.05, 0.1) is 36.3 Å². The molecule has 3 aliphatic heterocycles. The van der Waals surface area contributed by atoms with Crippen LogP contribution >= 0.6 is 15.9 Å². The van der Waals surface area contributed by atoms with E-state index >= 15 is 0 Å². The number of fused-ring (bicyclic) bond motifs is 1. The first-order valence-electron chi connectivity index (χ1n) is 15.7. The number of amides is 3. The predicted octanol–water partition coefficient (Wildman–Crippen LogP) is 5.28. The fourth-order valence-electron chi connectivity index (χ4n) is 6.58. The molecule has 0 aromatic heterocycles. The summed E-state index contributed by atoms with van der Waals surface area (Å²) in [6.07, 6.45) is 6.17. The fourth-order valence-corrected chi connectivity index (χ4v) is 6.94. The zero-order valence-electron chi connectivity index (χ0n) is 25.7. The maximum absolute atomic E-state index is 14.0. The molecule has 0 bridgehead atoms. The lowest BCUT2D eigenvalue weighted by Gasteiger charge is -2.28. The molecule has 0 spiro atoms. The summed E-state index contributed by atoms with van der Waals surface area (Å²) in [6, 6.07) is 22.5. The summed E-state index contributed by atoms with van der Waals surface area (Å²) in [5.41, 5.74) is 2.58. The summed E-state index contributed by atoms with van der Waals surface area (Å²) in [5.74, 6) is -1.23. The molecule has 1 saturated heterocycles. The highest BCUT2D eigenvalue weighted by Gasteiger charge is 2.52. The van der Waals surface area contributed by atoms with Crippen LogP contribution in [0.1, 0.15) is 55.7 Å². The molecule has 0 aliphatic carbocycles. The van der Waals surface area contributed by atoms with Gasteiger partial charge >= 0.3 is 0 Å². The minimum Gasteiger partial charge on any atom is -0.394 e. The number of aliphatic hydroxyl groups is 2. The van der Waals surface area contributed by atoms with Gasteiger partial charge in [-0.05, 0) is 54.3 Å². The molecule has 3 aliphatic rings. The second-order valence-electron chi connectivity index (χ2n) is 12.1. The van der Waals surface area contributed by atoms with Crippen LogP contribution in [-0.4, -0.2) is 57.7 Å². The summed E-state index contributed by atoms with van der Waals surface area (Å²) < 4.78 is 0.737. The summed E-state index contributed by atoms with van der Waals surface area (Å²) in [7, 11) is 0. The maximum atomic E-state index is 14.0. The average Bonchev–Trinajstić information content (AvgIpc) is 3.64. The van der Waals surface area contributed by atoms with Gasteiger partial charge in [0, 0.05) is 41.8 Å². The van der Waals surface area contributed by atoms with Crippen molar-refractivity contribution in [2.45, 2.75) is 57.2 Å². The molecule has 9 nitrogen and oxygen atoms in total. The number of hydrogen-bond donors (Lipinski definition) is 2. The topological polar surface area (TPSA) is 114 Å². The second kappa shape index (κ2) is 13.3. The van der Waals surface area contributed by atoms with Crippen LogP contribution in [0.4, 0.5) is 11.4 Å². The van der Waals surface area contributed by atoms with Crippen molar-refractivity contribution < 1.29 is 24.6 Å². The SMILES string of the molecule is C[C@H](/C=C/CC(=O)N1CCC[C@H]1CO)[C@@]1(O)C(=O)N(Cc2ccc(N3N=C(c4ccccc4)CCC3=O)cc2)c2ccc(Br)cc21. The maximum Gasteiger partial charge on any atom is 0.264 e. The Morgan fingerprint density at radius 1 is 1.09 bits per heavy atom. The Labute approximate surface area is 276 Å². The molecule has 2 N–H and O–H groups in total. The largest absolute Gasteiger partial charge is 0.394 e. The van der Waals surface area contributed by atoms with Crippen LogP contribution in [-0.2, 0) is 26.5 Å². The number of halogens is 1. The summed E-state index contributed by atoms with van der Waals surface area (Å²) in [5, 5.41) is 27.7. The summed E-state index contributed by atoms with van der Waals surface area (Å²) >= 11 is 3.49. The first-order valence-corrected chi connectivity index (χ1v) is 16.5. The van der Waals surface area contributed by atoms with Crippen molar-refractivity contribution in [2.75, 3.05) is 23.1 Å². The Kier molecular flexibility index (Phi) is 9.22. The number of rotatable bonds is 9. The number of likely N-dealkylation sites (tertiary alicyclic amines) is 1. The molecular formula is C36H37BrN4O5. The van der Waals surface area contributed by atoms with Crippen LogP contribution < -0.4 is 9.91 Å². The molecule has 1 fully saturated rings.